The van der Waals surface area contributed by atoms with Gasteiger partial charge in [-0.2, -0.15) is 0 Å². The summed E-state index contributed by atoms with van der Waals surface area (Å²) in [6.07, 6.45) is 9.33. The Morgan fingerprint density at radius 2 is 1.97 bits per heavy atom. The second-order valence-corrected chi connectivity index (χ2v) is 8.58. The number of aromatic nitrogens is 1. The molecule has 30 heavy (non-hydrogen) atoms. The summed E-state index contributed by atoms with van der Waals surface area (Å²) in [6, 6.07) is 6.62. The summed E-state index contributed by atoms with van der Waals surface area (Å²) < 4.78 is 17.3. The zero-order valence-electron chi connectivity index (χ0n) is 18.4. The number of likely N-dealkylation sites (tertiary alicyclic amines) is 2. The van der Waals surface area contributed by atoms with Crippen LogP contribution in [-0.4, -0.2) is 60.7 Å². The van der Waals surface area contributed by atoms with E-state index in [1.807, 2.05) is 18.2 Å². The average molecular weight is 414 g/mol. The van der Waals surface area contributed by atoms with E-state index in [0.717, 1.165) is 55.4 Å². The Morgan fingerprint density at radius 3 is 2.73 bits per heavy atom. The van der Waals surface area contributed by atoms with Crippen molar-refractivity contribution in [1.82, 2.24) is 14.8 Å². The van der Waals surface area contributed by atoms with E-state index in [9.17, 15) is 0 Å². The molecule has 2 fully saturated rings. The Hall–Kier alpha value is -2.05. The molecule has 1 aromatic heterocycles. The molecule has 3 heterocycles. The number of hydrogen-bond donors (Lipinski definition) is 0. The number of methoxy groups -OCH3 is 1. The van der Waals surface area contributed by atoms with E-state index in [-0.39, 0.29) is 0 Å². The molecule has 1 atom stereocenters. The monoisotopic (exact) mass is 413 g/mol. The van der Waals surface area contributed by atoms with Crippen LogP contribution in [0.5, 0.6) is 11.5 Å². The summed E-state index contributed by atoms with van der Waals surface area (Å²) in [5, 5.41) is 0. The Labute approximate surface area is 180 Å². The molecule has 1 aromatic carbocycles. The van der Waals surface area contributed by atoms with Crippen molar-refractivity contribution < 1.29 is 13.9 Å². The standard InChI is InChI=1S/C24H35N3O3/c1-19-8-6-13-27(19)14-7-15-29-22-10-9-20(16-23(22)28-2)24-25-21(18-30-24)17-26-11-4-3-5-12-26/h9-10,16,18-19H,3-8,11-15,17H2,1-2H3. The third-order valence-electron chi connectivity index (χ3n) is 6.33. The van der Waals surface area contributed by atoms with E-state index in [2.05, 4.69) is 16.7 Å². The maximum Gasteiger partial charge on any atom is 0.226 e. The van der Waals surface area contributed by atoms with Crippen LogP contribution in [0.3, 0.4) is 0 Å². The minimum absolute atomic E-state index is 0.634. The summed E-state index contributed by atoms with van der Waals surface area (Å²) in [6.45, 7) is 8.48. The predicted molar refractivity (Wildman–Crippen MR) is 118 cm³/mol. The molecule has 2 aromatic rings. The van der Waals surface area contributed by atoms with Gasteiger partial charge in [0.2, 0.25) is 5.89 Å². The van der Waals surface area contributed by atoms with Gasteiger partial charge in [0.25, 0.3) is 0 Å². The summed E-state index contributed by atoms with van der Waals surface area (Å²) in [7, 11) is 1.68. The molecule has 2 aliphatic heterocycles. The van der Waals surface area contributed by atoms with Crippen LogP contribution in [0.15, 0.2) is 28.9 Å². The highest BCUT2D eigenvalue weighted by Gasteiger charge is 2.19. The van der Waals surface area contributed by atoms with Crippen LogP contribution < -0.4 is 9.47 Å². The fraction of sp³-hybridized carbons (Fsp3) is 0.625. The van der Waals surface area contributed by atoms with Crippen LogP contribution >= 0.6 is 0 Å². The van der Waals surface area contributed by atoms with Crippen molar-refractivity contribution in [3.63, 3.8) is 0 Å². The molecule has 4 rings (SSSR count). The molecule has 6 heteroatoms. The maximum atomic E-state index is 6.01. The molecule has 1 unspecified atom stereocenters. The number of oxazole rings is 1. The normalized spacial score (nSPS) is 20.5. The highest BCUT2D eigenvalue weighted by molar-refractivity contribution is 5.60. The lowest BCUT2D eigenvalue weighted by Gasteiger charge is -2.25. The smallest absolute Gasteiger partial charge is 0.226 e. The fourth-order valence-electron chi connectivity index (χ4n) is 4.55. The molecule has 2 aliphatic rings. The molecule has 0 N–H and O–H groups in total. The molecular weight excluding hydrogens is 378 g/mol. The first kappa shape index (κ1) is 21.2. The second kappa shape index (κ2) is 10.3. The maximum absolute atomic E-state index is 6.01. The van der Waals surface area contributed by atoms with Crippen molar-refractivity contribution >= 4 is 0 Å². The lowest BCUT2D eigenvalue weighted by molar-refractivity contribution is 0.218. The van der Waals surface area contributed by atoms with Gasteiger partial charge in [0.05, 0.1) is 19.4 Å². The van der Waals surface area contributed by atoms with Gasteiger partial charge >= 0.3 is 0 Å². The van der Waals surface area contributed by atoms with Crippen molar-refractivity contribution in [2.75, 3.05) is 39.9 Å². The van der Waals surface area contributed by atoms with Gasteiger partial charge in [0.15, 0.2) is 11.5 Å². The number of hydrogen-bond acceptors (Lipinski definition) is 6. The summed E-state index contributed by atoms with van der Waals surface area (Å²) >= 11 is 0. The van der Waals surface area contributed by atoms with Crippen LogP contribution in [0.2, 0.25) is 0 Å². The molecule has 2 saturated heterocycles. The predicted octanol–water partition coefficient (Wildman–Crippen LogP) is 4.59. The molecule has 164 valence electrons. The van der Waals surface area contributed by atoms with Gasteiger partial charge in [0.1, 0.15) is 6.26 Å². The van der Waals surface area contributed by atoms with Gasteiger partial charge in [-0.05, 0) is 76.9 Å². The summed E-state index contributed by atoms with van der Waals surface area (Å²) in [4.78, 5) is 9.70. The van der Waals surface area contributed by atoms with E-state index in [1.165, 1.54) is 38.6 Å². The second-order valence-electron chi connectivity index (χ2n) is 8.58. The van der Waals surface area contributed by atoms with Crippen LogP contribution in [0.4, 0.5) is 0 Å². The quantitative estimate of drug-likeness (QED) is 0.561. The highest BCUT2D eigenvalue weighted by Crippen LogP contribution is 2.32. The van der Waals surface area contributed by atoms with Gasteiger partial charge in [-0.15, -0.1) is 0 Å². The van der Waals surface area contributed by atoms with Crippen LogP contribution in [-0.2, 0) is 6.54 Å². The largest absolute Gasteiger partial charge is 0.493 e. The lowest BCUT2D eigenvalue weighted by Crippen LogP contribution is -2.29. The summed E-state index contributed by atoms with van der Waals surface area (Å²) in [5.74, 6) is 2.13. The van der Waals surface area contributed by atoms with E-state index < -0.39 is 0 Å². The van der Waals surface area contributed by atoms with Crippen molar-refractivity contribution in [2.45, 2.75) is 58.0 Å². The minimum atomic E-state index is 0.634. The van der Waals surface area contributed by atoms with Gasteiger partial charge in [-0.1, -0.05) is 6.42 Å². The summed E-state index contributed by atoms with van der Waals surface area (Å²) in [5.41, 5.74) is 1.90. The third kappa shape index (κ3) is 5.35. The Morgan fingerprint density at radius 1 is 1.10 bits per heavy atom. The van der Waals surface area contributed by atoms with Crippen molar-refractivity contribution in [2.24, 2.45) is 0 Å². The molecular formula is C24H35N3O3. The molecule has 6 nitrogen and oxygen atoms in total. The molecule has 0 spiro atoms. The van der Waals surface area contributed by atoms with Crippen LogP contribution in [0.1, 0.15) is 51.1 Å². The van der Waals surface area contributed by atoms with Crippen molar-refractivity contribution in [1.29, 1.82) is 0 Å². The van der Waals surface area contributed by atoms with E-state index in [4.69, 9.17) is 18.9 Å². The first-order chi connectivity index (χ1) is 14.7. The zero-order chi connectivity index (χ0) is 20.8. The minimum Gasteiger partial charge on any atom is -0.493 e. The molecule has 0 aliphatic carbocycles. The number of benzene rings is 1. The zero-order valence-corrected chi connectivity index (χ0v) is 18.4. The van der Waals surface area contributed by atoms with E-state index in [0.29, 0.717) is 18.5 Å². The lowest BCUT2D eigenvalue weighted by atomic mass is 10.1. The van der Waals surface area contributed by atoms with Gasteiger partial charge in [-0.25, -0.2) is 4.98 Å². The SMILES string of the molecule is COc1cc(-c2nc(CN3CCCCC3)co2)ccc1OCCCN1CCCC1C. The highest BCUT2D eigenvalue weighted by atomic mass is 16.5. The van der Waals surface area contributed by atoms with E-state index >= 15 is 0 Å². The van der Waals surface area contributed by atoms with Gasteiger partial charge in [-0.3, -0.25) is 4.90 Å². The van der Waals surface area contributed by atoms with Crippen LogP contribution in [0.25, 0.3) is 11.5 Å². The molecule has 0 saturated carbocycles. The van der Waals surface area contributed by atoms with Crippen molar-refractivity contribution in [3.05, 3.63) is 30.2 Å². The molecule has 0 amide bonds. The number of rotatable bonds is 9. The first-order valence-electron chi connectivity index (χ1n) is 11.4. The molecule has 0 bridgehead atoms. The Balaban J connectivity index is 1.32. The van der Waals surface area contributed by atoms with Gasteiger partial charge in [0, 0.05) is 24.7 Å². The number of nitrogens with zero attached hydrogens (tertiary/aromatic N) is 3. The first-order valence-corrected chi connectivity index (χ1v) is 11.4. The number of piperidine rings is 1. The Bertz CT molecular complexity index is 801. The average Bonchev–Trinajstić information content (AvgIpc) is 3.41. The number of ether oxygens (including phenoxy) is 2. The topological polar surface area (TPSA) is 51.0 Å². The van der Waals surface area contributed by atoms with Crippen molar-refractivity contribution in [3.8, 4) is 23.0 Å². The Kier molecular flexibility index (Phi) is 7.28. The third-order valence-corrected chi connectivity index (χ3v) is 6.33. The van der Waals surface area contributed by atoms with Crippen LogP contribution in [0, 0.1) is 0 Å². The van der Waals surface area contributed by atoms with E-state index in [1.54, 1.807) is 13.4 Å². The fourth-order valence-corrected chi connectivity index (χ4v) is 4.55. The van der Waals surface area contributed by atoms with Gasteiger partial charge < -0.3 is 18.8 Å². The molecule has 0 radical (unpaired) electrons.